The summed E-state index contributed by atoms with van der Waals surface area (Å²) in [6.45, 7) is 8.70. The highest BCUT2D eigenvalue weighted by Gasteiger charge is 2.19. The second-order valence-electron chi connectivity index (χ2n) is 5.92. The normalized spacial score (nSPS) is 21.5. The van der Waals surface area contributed by atoms with Crippen LogP contribution in [-0.4, -0.2) is 28.3 Å². The average molecular weight is 234 g/mol. The van der Waals surface area contributed by atoms with Crippen molar-refractivity contribution in [3.8, 4) is 0 Å². The number of hydrogen-bond acceptors (Lipinski definition) is 4. The van der Waals surface area contributed by atoms with E-state index in [1.165, 1.54) is 12.8 Å². The van der Waals surface area contributed by atoms with Crippen molar-refractivity contribution in [3.63, 3.8) is 0 Å². The molecule has 0 amide bonds. The van der Waals surface area contributed by atoms with Crippen molar-refractivity contribution in [2.75, 3.05) is 13.1 Å². The highest BCUT2D eigenvalue weighted by molar-refractivity contribution is 5.08. The van der Waals surface area contributed by atoms with Gasteiger partial charge in [-0.25, -0.2) is 4.98 Å². The molecule has 4 nitrogen and oxygen atoms in total. The molecule has 1 atom stereocenters. The van der Waals surface area contributed by atoms with Crippen molar-refractivity contribution in [2.24, 2.45) is 5.92 Å². The molecule has 17 heavy (non-hydrogen) atoms. The molecule has 1 aromatic heterocycles. The first kappa shape index (κ1) is 12.4. The number of piperidine rings is 1. The Morgan fingerprint density at radius 2 is 2.24 bits per heavy atom. The largest absolute Gasteiger partial charge is 0.316 e. The van der Waals surface area contributed by atoms with Gasteiger partial charge >= 0.3 is 0 Å². The quantitative estimate of drug-likeness (QED) is 0.846. The molecule has 1 fully saturated rings. The number of nitrogens with zero attached hydrogens (tertiary/aromatic N) is 3. The first-order valence-corrected chi connectivity index (χ1v) is 6.45. The highest BCUT2D eigenvalue weighted by atomic mass is 15.1. The first-order valence-electron chi connectivity index (χ1n) is 6.45. The number of hydrogen-bond donors (Lipinski definition) is 1. The minimum Gasteiger partial charge on any atom is -0.316 e. The maximum Gasteiger partial charge on any atom is 0.151 e. The molecule has 2 heterocycles. The van der Waals surface area contributed by atoms with Crippen LogP contribution in [0.5, 0.6) is 0 Å². The van der Waals surface area contributed by atoms with Crippen molar-refractivity contribution in [2.45, 2.75) is 45.4 Å². The summed E-state index contributed by atoms with van der Waals surface area (Å²) in [6, 6.07) is 0. The molecule has 1 N–H and O–H groups in total. The molecule has 0 aromatic carbocycles. The lowest BCUT2D eigenvalue weighted by molar-refractivity contribution is 0.368. The van der Waals surface area contributed by atoms with Gasteiger partial charge in [0.15, 0.2) is 5.82 Å². The molecule has 1 saturated heterocycles. The minimum atomic E-state index is 0.0511. The average Bonchev–Trinajstić information content (AvgIpc) is 2.29. The SMILES string of the molecule is CC(C)(C)c1cnnc(CC2CCCNC2)n1. The summed E-state index contributed by atoms with van der Waals surface area (Å²) in [5.74, 6) is 1.56. The van der Waals surface area contributed by atoms with Crippen molar-refractivity contribution in [1.29, 1.82) is 0 Å². The van der Waals surface area contributed by atoms with Gasteiger partial charge in [0.1, 0.15) is 0 Å². The van der Waals surface area contributed by atoms with Gasteiger partial charge in [-0.1, -0.05) is 20.8 Å². The Morgan fingerprint density at radius 3 is 2.88 bits per heavy atom. The van der Waals surface area contributed by atoms with E-state index in [0.717, 1.165) is 31.0 Å². The topological polar surface area (TPSA) is 50.7 Å². The van der Waals surface area contributed by atoms with Gasteiger partial charge in [-0.3, -0.25) is 0 Å². The molecule has 0 radical (unpaired) electrons. The van der Waals surface area contributed by atoms with E-state index in [0.29, 0.717) is 5.92 Å². The second kappa shape index (κ2) is 5.08. The fourth-order valence-corrected chi connectivity index (χ4v) is 2.14. The Hall–Kier alpha value is -1.03. The third-order valence-corrected chi connectivity index (χ3v) is 3.24. The zero-order valence-corrected chi connectivity index (χ0v) is 11.0. The smallest absolute Gasteiger partial charge is 0.151 e. The molecule has 1 unspecified atom stereocenters. The zero-order valence-electron chi connectivity index (χ0n) is 11.0. The molecule has 1 aliphatic rings. The molecule has 94 valence electrons. The fourth-order valence-electron chi connectivity index (χ4n) is 2.14. The molecule has 1 aliphatic heterocycles. The third kappa shape index (κ3) is 3.46. The van der Waals surface area contributed by atoms with Crippen LogP contribution in [0.3, 0.4) is 0 Å². The van der Waals surface area contributed by atoms with Gasteiger partial charge in [-0.05, 0) is 31.8 Å². The summed E-state index contributed by atoms with van der Waals surface area (Å²) in [6.07, 6.45) is 5.26. The molecular formula is C13H22N4. The van der Waals surface area contributed by atoms with Crippen LogP contribution in [0.4, 0.5) is 0 Å². The van der Waals surface area contributed by atoms with E-state index in [1.807, 2.05) is 0 Å². The lowest BCUT2D eigenvalue weighted by atomic mass is 9.92. The summed E-state index contributed by atoms with van der Waals surface area (Å²) in [4.78, 5) is 4.64. The Balaban J connectivity index is 2.05. The van der Waals surface area contributed by atoms with E-state index in [9.17, 15) is 0 Å². The van der Waals surface area contributed by atoms with Crippen LogP contribution < -0.4 is 5.32 Å². The van der Waals surface area contributed by atoms with E-state index in [4.69, 9.17) is 0 Å². The van der Waals surface area contributed by atoms with Crippen LogP contribution >= 0.6 is 0 Å². The van der Waals surface area contributed by atoms with E-state index in [-0.39, 0.29) is 5.41 Å². The highest BCUT2D eigenvalue weighted by Crippen LogP contribution is 2.20. The van der Waals surface area contributed by atoms with Gasteiger partial charge < -0.3 is 5.32 Å². The molecule has 0 saturated carbocycles. The number of aromatic nitrogens is 3. The van der Waals surface area contributed by atoms with E-state index in [1.54, 1.807) is 6.20 Å². The monoisotopic (exact) mass is 234 g/mol. The van der Waals surface area contributed by atoms with Crippen LogP contribution in [0, 0.1) is 5.92 Å². The van der Waals surface area contributed by atoms with Crippen LogP contribution in [0.1, 0.15) is 45.1 Å². The Bertz CT molecular complexity index is 364. The Morgan fingerprint density at radius 1 is 1.41 bits per heavy atom. The van der Waals surface area contributed by atoms with E-state index < -0.39 is 0 Å². The Labute approximate surface area is 103 Å². The van der Waals surface area contributed by atoms with Crippen molar-refractivity contribution < 1.29 is 0 Å². The zero-order chi connectivity index (χ0) is 12.3. The van der Waals surface area contributed by atoms with Gasteiger partial charge in [0.05, 0.1) is 11.9 Å². The maximum atomic E-state index is 4.64. The van der Waals surface area contributed by atoms with Crippen molar-refractivity contribution in [3.05, 3.63) is 17.7 Å². The molecule has 0 spiro atoms. The standard InChI is InChI=1S/C13H22N4/c1-13(2,3)11-9-15-17-12(16-11)7-10-5-4-6-14-8-10/h9-10,14H,4-8H2,1-3H3. The molecule has 4 heteroatoms. The minimum absolute atomic E-state index is 0.0511. The number of rotatable bonds is 2. The lowest BCUT2D eigenvalue weighted by Crippen LogP contribution is -2.31. The summed E-state index contributed by atoms with van der Waals surface area (Å²) >= 11 is 0. The predicted molar refractivity (Wildman–Crippen MR) is 67.8 cm³/mol. The fraction of sp³-hybridized carbons (Fsp3) is 0.769. The second-order valence-corrected chi connectivity index (χ2v) is 5.92. The van der Waals surface area contributed by atoms with Crippen LogP contribution in [0.15, 0.2) is 6.20 Å². The van der Waals surface area contributed by atoms with Crippen LogP contribution in [0.25, 0.3) is 0 Å². The summed E-state index contributed by atoms with van der Waals surface area (Å²) in [5, 5.41) is 11.7. The maximum absolute atomic E-state index is 4.64. The van der Waals surface area contributed by atoms with E-state index >= 15 is 0 Å². The van der Waals surface area contributed by atoms with Gasteiger partial charge in [0.2, 0.25) is 0 Å². The molecular weight excluding hydrogens is 212 g/mol. The molecule has 2 rings (SSSR count). The van der Waals surface area contributed by atoms with Crippen LogP contribution in [-0.2, 0) is 11.8 Å². The van der Waals surface area contributed by atoms with Crippen molar-refractivity contribution >= 4 is 0 Å². The Kier molecular flexibility index (Phi) is 3.72. The van der Waals surface area contributed by atoms with E-state index in [2.05, 4.69) is 41.3 Å². The molecule has 0 aliphatic carbocycles. The van der Waals surface area contributed by atoms with Crippen LogP contribution in [0.2, 0.25) is 0 Å². The third-order valence-electron chi connectivity index (χ3n) is 3.24. The van der Waals surface area contributed by atoms with Gasteiger partial charge in [0, 0.05) is 11.8 Å². The van der Waals surface area contributed by atoms with Crippen molar-refractivity contribution in [1.82, 2.24) is 20.5 Å². The lowest BCUT2D eigenvalue weighted by Gasteiger charge is -2.22. The number of nitrogens with one attached hydrogen (secondary N) is 1. The molecule has 1 aromatic rings. The summed E-state index contributed by atoms with van der Waals surface area (Å²) < 4.78 is 0. The summed E-state index contributed by atoms with van der Waals surface area (Å²) in [5.41, 5.74) is 1.08. The van der Waals surface area contributed by atoms with Gasteiger partial charge in [0.25, 0.3) is 0 Å². The summed E-state index contributed by atoms with van der Waals surface area (Å²) in [7, 11) is 0. The molecule has 0 bridgehead atoms. The predicted octanol–water partition coefficient (Wildman–Crippen LogP) is 1.71. The van der Waals surface area contributed by atoms with Gasteiger partial charge in [-0.15, -0.1) is 5.10 Å². The van der Waals surface area contributed by atoms with Gasteiger partial charge in [-0.2, -0.15) is 5.10 Å². The first-order chi connectivity index (χ1) is 8.05.